The highest BCUT2D eigenvalue weighted by Gasteiger charge is 2.15. The van der Waals surface area contributed by atoms with Crippen LogP contribution in [0.2, 0.25) is 0 Å². The van der Waals surface area contributed by atoms with Gasteiger partial charge in [-0.25, -0.2) is 9.97 Å². The molecule has 144 valence electrons. The Morgan fingerprint density at radius 3 is 2.38 bits per heavy atom. The maximum absolute atomic E-state index is 12.1. The summed E-state index contributed by atoms with van der Waals surface area (Å²) in [5, 5.41) is 5.99. The fourth-order valence-electron chi connectivity index (χ4n) is 2.83. The van der Waals surface area contributed by atoms with Crippen LogP contribution < -0.4 is 10.6 Å². The van der Waals surface area contributed by atoms with E-state index in [2.05, 4.69) is 33.6 Å². The molecule has 0 aliphatic heterocycles. The molecule has 0 radical (unpaired) electrons. The number of pyridine rings is 1. The van der Waals surface area contributed by atoms with E-state index in [0.717, 1.165) is 26.5 Å². The van der Waals surface area contributed by atoms with Crippen molar-refractivity contribution in [1.29, 1.82) is 0 Å². The summed E-state index contributed by atoms with van der Waals surface area (Å²) < 4.78 is 1.14. The maximum atomic E-state index is 12.1. The number of carbonyl (C=O) groups is 2. The van der Waals surface area contributed by atoms with Gasteiger partial charge in [-0.15, -0.1) is 11.3 Å². The topological polar surface area (TPSA) is 84.0 Å². The van der Waals surface area contributed by atoms with Gasteiger partial charge in [-0.2, -0.15) is 0 Å². The van der Waals surface area contributed by atoms with Crippen LogP contribution in [0, 0.1) is 13.8 Å². The Morgan fingerprint density at radius 1 is 0.862 bits per heavy atom. The first-order valence-electron chi connectivity index (χ1n) is 9.01. The number of aromatic nitrogens is 2. The van der Waals surface area contributed by atoms with Gasteiger partial charge in [-0.05, 0) is 67.9 Å². The first-order chi connectivity index (χ1) is 14.0. The van der Waals surface area contributed by atoms with E-state index in [1.165, 1.54) is 5.56 Å². The highest BCUT2D eigenvalue weighted by Crippen LogP contribution is 2.31. The predicted molar refractivity (Wildman–Crippen MR) is 116 cm³/mol. The molecule has 7 heteroatoms. The highest BCUT2D eigenvalue weighted by molar-refractivity contribution is 7.21. The van der Waals surface area contributed by atoms with Crippen LogP contribution in [-0.2, 0) is 9.59 Å². The lowest BCUT2D eigenvalue weighted by atomic mass is 10.2. The summed E-state index contributed by atoms with van der Waals surface area (Å²) in [7, 11) is 0. The Balaban J connectivity index is 1.44. The van der Waals surface area contributed by atoms with Crippen molar-refractivity contribution in [2.24, 2.45) is 0 Å². The number of nitrogens with one attached hydrogen (secondary N) is 2. The third kappa shape index (κ3) is 4.30. The molecule has 2 aromatic carbocycles. The summed E-state index contributed by atoms with van der Waals surface area (Å²) in [5.74, 6) is -1.18. The monoisotopic (exact) mass is 402 g/mol. The number of rotatable bonds is 3. The van der Waals surface area contributed by atoms with Crippen LogP contribution in [-0.4, -0.2) is 21.8 Å². The van der Waals surface area contributed by atoms with Crippen LogP contribution in [0.3, 0.4) is 0 Å². The molecule has 2 amide bonds. The number of fused-ring (bicyclic) bond motifs is 1. The van der Waals surface area contributed by atoms with Crippen LogP contribution >= 0.6 is 11.3 Å². The Kier molecular flexibility index (Phi) is 5.05. The van der Waals surface area contributed by atoms with Gasteiger partial charge in [0.05, 0.1) is 10.2 Å². The number of hydrogen-bond donors (Lipinski definition) is 2. The number of nitrogens with zero attached hydrogens (tertiary/aromatic N) is 2. The zero-order valence-electron chi connectivity index (χ0n) is 15.9. The SMILES string of the molecule is Cc1ccc2nc(-c3ccc(NC(=O)C(=O)Nc4cccc(C)n4)cc3)sc2c1. The zero-order chi connectivity index (χ0) is 20.4. The molecule has 0 saturated heterocycles. The number of anilines is 2. The summed E-state index contributed by atoms with van der Waals surface area (Å²) >= 11 is 1.62. The average molecular weight is 402 g/mol. The smallest absolute Gasteiger partial charge is 0.315 e. The fourth-order valence-corrected chi connectivity index (χ4v) is 3.89. The van der Waals surface area contributed by atoms with Crippen LogP contribution in [0.4, 0.5) is 11.5 Å². The van der Waals surface area contributed by atoms with E-state index in [1.54, 1.807) is 35.6 Å². The summed E-state index contributed by atoms with van der Waals surface area (Å²) in [6, 6.07) is 18.6. The zero-order valence-corrected chi connectivity index (χ0v) is 16.7. The van der Waals surface area contributed by atoms with Gasteiger partial charge < -0.3 is 10.6 Å². The van der Waals surface area contributed by atoms with Crippen molar-refractivity contribution in [3.05, 3.63) is 71.9 Å². The van der Waals surface area contributed by atoms with Crippen molar-refractivity contribution in [2.75, 3.05) is 10.6 Å². The van der Waals surface area contributed by atoms with Gasteiger partial charge in [-0.1, -0.05) is 12.1 Å². The maximum Gasteiger partial charge on any atom is 0.315 e. The lowest BCUT2D eigenvalue weighted by molar-refractivity contribution is -0.133. The quantitative estimate of drug-likeness (QED) is 0.492. The van der Waals surface area contributed by atoms with E-state index in [-0.39, 0.29) is 0 Å². The van der Waals surface area contributed by atoms with E-state index in [1.807, 2.05) is 37.3 Å². The van der Waals surface area contributed by atoms with Crippen LogP contribution in [0.15, 0.2) is 60.7 Å². The molecule has 0 fully saturated rings. The van der Waals surface area contributed by atoms with Gasteiger partial charge in [0, 0.05) is 16.9 Å². The molecule has 0 aliphatic rings. The van der Waals surface area contributed by atoms with Crippen molar-refractivity contribution in [3.63, 3.8) is 0 Å². The molecule has 0 saturated carbocycles. The second kappa shape index (κ2) is 7.81. The number of aryl methyl sites for hydroxylation is 2. The van der Waals surface area contributed by atoms with Crippen molar-refractivity contribution in [3.8, 4) is 10.6 Å². The second-order valence-electron chi connectivity index (χ2n) is 6.64. The first-order valence-corrected chi connectivity index (χ1v) is 9.83. The molecule has 29 heavy (non-hydrogen) atoms. The minimum atomic E-state index is -0.770. The Hall–Kier alpha value is -3.58. The minimum absolute atomic E-state index is 0.339. The van der Waals surface area contributed by atoms with Crippen molar-refractivity contribution in [1.82, 2.24) is 9.97 Å². The number of carbonyl (C=O) groups excluding carboxylic acids is 2. The van der Waals surface area contributed by atoms with E-state index in [9.17, 15) is 9.59 Å². The van der Waals surface area contributed by atoms with Gasteiger partial charge in [0.2, 0.25) is 0 Å². The molecule has 2 heterocycles. The van der Waals surface area contributed by atoms with E-state index < -0.39 is 11.8 Å². The van der Waals surface area contributed by atoms with Crippen LogP contribution in [0.25, 0.3) is 20.8 Å². The van der Waals surface area contributed by atoms with E-state index in [0.29, 0.717) is 11.5 Å². The molecule has 0 bridgehead atoms. The first kappa shape index (κ1) is 18.8. The lowest BCUT2D eigenvalue weighted by Gasteiger charge is -2.07. The standard InChI is InChI=1S/C22H18N4O2S/c1-13-6-11-17-18(12-13)29-22(25-17)15-7-9-16(10-8-15)24-20(27)21(28)26-19-5-3-4-14(2)23-19/h3-12H,1-2H3,(H,24,27)(H,23,26,28). The summed E-state index contributed by atoms with van der Waals surface area (Å²) in [6.07, 6.45) is 0. The van der Waals surface area contributed by atoms with Crippen molar-refractivity contribution >= 4 is 44.9 Å². The number of thiazole rings is 1. The van der Waals surface area contributed by atoms with E-state index in [4.69, 9.17) is 0 Å². The number of hydrogen-bond acceptors (Lipinski definition) is 5. The van der Waals surface area contributed by atoms with E-state index >= 15 is 0 Å². The Bertz CT molecular complexity index is 1220. The molecule has 4 rings (SSSR count). The lowest BCUT2D eigenvalue weighted by Crippen LogP contribution is -2.29. The van der Waals surface area contributed by atoms with Crippen LogP contribution in [0.1, 0.15) is 11.3 Å². The molecule has 2 N–H and O–H groups in total. The molecule has 0 unspecified atom stereocenters. The van der Waals surface area contributed by atoms with Gasteiger partial charge in [0.25, 0.3) is 0 Å². The second-order valence-corrected chi connectivity index (χ2v) is 7.67. The summed E-state index contributed by atoms with van der Waals surface area (Å²) in [6.45, 7) is 3.87. The Labute approximate surface area is 171 Å². The molecular weight excluding hydrogens is 384 g/mol. The molecule has 0 atom stereocenters. The third-order valence-corrected chi connectivity index (χ3v) is 5.34. The van der Waals surface area contributed by atoms with Gasteiger partial charge in [0.1, 0.15) is 10.8 Å². The van der Waals surface area contributed by atoms with Gasteiger partial charge in [0.15, 0.2) is 0 Å². The normalized spacial score (nSPS) is 10.7. The predicted octanol–water partition coefficient (Wildman–Crippen LogP) is 4.55. The number of amides is 2. The third-order valence-electron chi connectivity index (χ3n) is 4.27. The average Bonchev–Trinajstić information content (AvgIpc) is 3.11. The molecule has 0 aliphatic carbocycles. The number of benzene rings is 2. The van der Waals surface area contributed by atoms with Crippen molar-refractivity contribution < 1.29 is 9.59 Å². The molecule has 0 spiro atoms. The summed E-state index contributed by atoms with van der Waals surface area (Å²) in [4.78, 5) is 33.0. The van der Waals surface area contributed by atoms with Gasteiger partial charge in [-0.3, -0.25) is 9.59 Å². The molecule has 4 aromatic rings. The molecule has 2 aromatic heterocycles. The van der Waals surface area contributed by atoms with Crippen LogP contribution in [0.5, 0.6) is 0 Å². The van der Waals surface area contributed by atoms with Gasteiger partial charge >= 0.3 is 11.8 Å². The minimum Gasteiger partial charge on any atom is -0.318 e. The fraction of sp³-hybridized carbons (Fsp3) is 0.0909. The van der Waals surface area contributed by atoms with Crippen molar-refractivity contribution in [2.45, 2.75) is 13.8 Å². The summed E-state index contributed by atoms with van der Waals surface area (Å²) in [5.41, 5.74) is 4.40. The molecule has 6 nitrogen and oxygen atoms in total. The molecular formula is C22H18N4O2S. The largest absolute Gasteiger partial charge is 0.318 e. The highest BCUT2D eigenvalue weighted by atomic mass is 32.1. The Morgan fingerprint density at radius 2 is 1.62 bits per heavy atom.